The number of nitrogens with zero attached hydrogens (tertiary/aromatic N) is 3. The van der Waals surface area contributed by atoms with Crippen molar-refractivity contribution in [3.8, 4) is 16.8 Å². The third kappa shape index (κ3) is 5.81. The van der Waals surface area contributed by atoms with Crippen molar-refractivity contribution < 1.29 is 14.0 Å². The van der Waals surface area contributed by atoms with Crippen LogP contribution in [0.4, 0.5) is 20.7 Å². The molecule has 3 aromatic carbocycles. The van der Waals surface area contributed by atoms with Gasteiger partial charge in [-0.2, -0.15) is 5.10 Å². The maximum atomic E-state index is 13.5. The topological polar surface area (TPSA) is 79.3 Å². The van der Waals surface area contributed by atoms with Crippen molar-refractivity contribution in [2.75, 3.05) is 23.7 Å². The number of urea groups is 1. The monoisotopic (exact) mass is 519 g/mol. The molecule has 3 amide bonds. The lowest BCUT2D eigenvalue weighted by Crippen LogP contribution is -2.40. The van der Waals surface area contributed by atoms with Crippen molar-refractivity contribution in [1.29, 1.82) is 0 Å². The molecule has 7 nitrogen and oxygen atoms in total. The van der Waals surface area contributed by atoms with Crippen molar-refractivity contribution in [3.05, 3.63) is 94.9 Å². The van der Waals surface area contributed by atoms with Gasteiger partial charge in [-0.15, -0.1) is 0 Å². The number of likely N-dealkylation sites (N-methyl/N-ethyl adjacent to an activating group) is 1. The Labute approximate surface area is 219 Å². The van der Waals surface area contributed by atoms with E-state index >= 15 is 0 Å². The third-order valence-corrected chi connectivity index (χ3v) is 6.19. The number of benzene rings is 3. The van der Waals surface area contributed by atoms with Gasteiger partial charge in [-0.25, -0.2) is 13.9 Å². The quantitative estimate of drug-likeness (QED) is 0.295. The number of hydrogen-bond acceptors (Lipinski definition) is 3. The van der Waals surface area contributed by atoms with E-state index in [1.54, 1.807) is 11.6 Å². The fraction of sp³-hybridized carbons (Fsp3) is 0.179. The summed E-state index contributed by atoms with van der Waals surface area (Å²) < 4.78 is 15.2. The van der Waals surface area contributed by atoms with E-state index < -0.39 is 11.8 Å². The number of carbonyl (C=O) groups is 2. The van der Waals surface area contributed by atoms with Crippen molar-refractivity contribution in [3.63, 3.8) is 0 Å². The van der Waals surface area contributed by atoms with Crippen molar-refractivity contribution >= 4 is 35.0 Å². The summed E-state index contributed by atoms with van der Waals surface area (Å²) in [5, 5.41) is 10.3. The molecule has 0 saturated heterocycles. The van der Waals surface area contributed by atoms with E-state index in [0.29, 0.717) is 11.5 Å². The predicted molar refractivity (Wildman–Crippen MR) is 145 cm³/mol. The second-order valence-electron chi connectivity index (χ2n) is 8.49. The second kappa shape index (κ2) is 11.3. The first-order valence-corrected chi connectivity index (χ1v) is 12.2. The molecule has 0 spiro atoms. The van der Waals surface area contributed by atoms with Crippen molar-refractivity contribution in [2.45, 2.75) is 20.8 Å². The molecule has 1 aromatic heterocycles. The minimum absolute atomic E-state index is 0.105. The standard InChI is InChI=1S/C28H27ClFN5O2/c1-4-34(28(37)31-21-14-15-23(30)22(29)16-21)17-25(36)32-27-26(20-11-6-5-7-12-20)19(3)33-35(27)24-13-9-8-10-18(24)2/h5-16H,4,17H2,1-3H3,(H,31,37)(H,32,36). The highest BCUT2D eigenvalue weighted by molar-refractivity contribution is 6.31. The van der Waals surface area contributed by atoms with Gasteiger partial charge in [-0.1, -0.05) is 60.1 Å². The van der Waals surface area contributed by atoms with Gasteiger partial charge in [0.2, 0.25) is 5.91 Å². The average molecular weight is 520 g/mol. The van der Waals surface area contributed by atoms with Crippen LogP contribution in [0.1, 0.15) is 18.2 Å². The summed E-state index contributed by atoms with van der Waals surface area (Å²) in [5.41, 5.74) is 4.62. The van der Waals surface area contributed by atoms with E-state index in [2.05, 4.69) is 10.6 Å². The van der Waals surface area contributed by atoms with Crippen LogP contribution in [0.2, 0.25) is 5.02 Å². The Hall–Kier alpha value is -4.17. The highest BCUT2D eigenvalue weighted by Crippen LogP contribution is 2.34. The van der Waals surface area contributed by atoms with Crippen LogP contribution in [-0.4, -0.2) is 39.7 Å². The van der Waals surface area contributed by atoms with E-state index in [4.69, 9.17) is 16.7 Å². The van der Waals surface area contributed by atoms with Crippen molar-refractivity contribution in [1.82, 2.24) is 14.7 Å². The van der Waals surface area contributed by atoms with Crippen LogP contribution >= 0.6 is 11.6 Å². The molecular weight excluding hydrogens is 493 g/mol. The highest BCUT2D eigenvalue weighted by Gasteiger charge is 2.23. The lowest BCUT2D eigenvalue weighted by Gasteiger charge is -2.21. The molecule has 1 heterocycles. The molecule has 0 unspecified atom stereocenters. The number of hydrogen-bond donors (Lipinski definition) is 2. The fourth-order valence-corrected chi connectivity index (χ4v) is 4.20. The van der Waals surface area contributed by atoms with Gasteiger partial charge in [-0.3, -0.25) is 4.79 Å². The van der Waals surface area contributed by atoms with Gasteiger partial charge in [-0.05, 0) is 56.2 Å². The molecule has 4 aromatic rings. The normalized spacial score (nSPS) is 10.7. The van der Waals surface area contributed by atoms with E-state index in [1.807, 2.05) is 68.4 Å². The Balaban J connectivity index is 1.61. The predicted octanol–water partition coefficient (Wildman–Crippen LogP) is 6.44. The largest absolute Gasteiger partial charge is 0.322 e. The summed E-state index contributed by atoms with van der Waals surface area (Å²) in [6.07, 6.45) is 0. The first-order chi connectivity index (χ1) is 17.8. The Morgan fingerprint density at radius 2 is 1.70 bits per heavy atom. The molecule has 190 valence electrons. The Kier molecular flexibility index (Phi) is 7.89. The Morgan fingerprint density at radius 1 is 1.00 bits per heavy atom. The highest BCUT2D eigenvalue weighted by atomic mass is 35.5. The van der Waals surface area contributed by atoms with Crippen LogP contribution in [0.15, 0.2) is 72.8 Å². The van der Waals surface area contributed by atoms with Gasteiger partial charge in [0.05, 0.1) is 16.4 Å². The molecule has 0 aliphatic heterocycles. The molecule has 0 fully saturated rings. The van der Waals surface area contributed by atoms with Crippen LogP contribution < -0.4 is 10.6 Å². The molecule has 0 aliphatic rings. The van der Waals surface area contributed by atoms with Gasteiger partial charge < -0.3 is 15.5 Å². The lowest BCUT2D eigenvalue weighted by atomic mass is 10.1. The minimum Gasteiger partial charge on any atom is -0.315 e. The number of carbonyl (C=O) groups excluding carboxylic acids is 2. The smallest absolute Gasteiger partial charge is 0.315 e. The number of aromatic nitrogens is 2. The van der Waals surface area contributed by atoms with Gasteiger partial charge in [0.25, 0.3) is 0 Å². The minimum atomic E-state index is -0.582. The molecule has 0 bridgehead atoms. The van der Waals surface area contributed by atoms with E-state index in [1.165, 1.54) is 23.1 Å². The summed E-state index contributed by atoms with van der Waals surface area (Å²) in [5.74, 6) is -0.452. The molecular formula is C28H27ClFN5O2. The third-order valence-electron chi connectivity index (χ3n) is 5.90. The molecule has 37 heavy (non-hydrogen) atoms. The molecule has 4 rings (SSSR count). The van der Waals surface area contributed by atoms with Crippen molar-refractivity contribution in [2.24, 2.45) is 0 Å². The zero-order valence-corrected chi connectivity index (χ0v) is 21.5. The number of aryl methyl sites for hydroxylation is 2. The molecule has 2 N–H and O–H groups in total. The first-order valence-electron chi connectivity index (χ1n) is 11.8. The lowest BCUT2D eigenvalue weighted by molar-refractivity contribution is -0.116. The Bertz CT molecular complexity index is 1440. The van der Waals surface area contributed by atoms with Gasteiger partial charge in [0, 0.05) is 17.8 Å². The molecule has 0 aliphatic carbocycles. The molecule has 0 radical (unpaired) electrons. The SMILES string of the molecule is CCN(CC(=O)Nc1c(-c2ccccc2)c(C)nn1-c1ccccc1C)C(=O)Nc1ccc(F)c(Cl)c1. The first kappa shape index (κ1) is 25.9. The van der Waals surface area contributed by atoms with E-state index in [-0.39, 0.29) is 24.0 Å². The molecule has 0 saturated carbocycles. The fourth-order valence-electron chi connectivity index (χ4n) is 4.02. The number of anilines is 2. The van der Waals surface area contributed by atoms with Gasteiger partial charge >= 0.3 is 6.03 Å². The van der Waals surface area contributed by atoms with Crippen LogP contribution in [-0.2, 0) is 4.79 Å². The van der Waals surface area contributed by atoms with E-state index in [9.17, 15) is 14.0 Å². The van der Waals surface area contributed by atoms with Crippen LogP contribution in [0.5, 0.6) is 0 Å². The Morgan fingerprint density at radius 3 is 2.38 bits per heavy atom. The average Bonchev–Trinajstić information content (AvgIpc) is 3.20. The summed E-state index contributed by atoms with van der Waals surface area (Å²) in [6, 6.07) is 20.9. The molecule has 9 heteroatoms. The summed E-state index contributed by atoms with van der Waals surface area (Å²) in [6.45, 7) is 5.71. The number of nitrogens with one attached hydrogen (secondary N) is 2. The van der Waals surface area contributed by atoms with Gasteiger partial charge in [0.1, 0.15) is 18.2 Å². The van der Waals surface area contributed by atoms with E-state index in [0.717, 1.165) is 28.1 Å². The van der Waals surface area contributed by atoms with Crippen LogP contribution in [0, 0.1) is 19.7 Å². The number of amides is 3. The van der Waals surface area contributed by atoms with Crippen LogP contribution in [0.3, 0.4) is 0 Å². The maximum Gasteiger partial charge on any atom is 0.322 e. The molecule has 0 atom stereocenters. The number of halogens is 2. The number of para-hydroxylation sites is 1. The zero-order chi connectivity index (χ0) is 26.5. The van der Waals surface area contributed by atoms with Crippen LogP contribution in [0.25, 0.3) is 16.8 Å². The zero-order valence-electron chi connectivity index (χ0n) is 20.8. The second-order valence-corrected chi connectivity index (χ2v) is 8.90. The van der Waals surface area contributed by atoms with Gasteiger partial charge in [0.15, 0.2) is 0 Å². The summed E-state index contributed by atoms with van der Waals surface area (Å²) in [7, 11) is 0. The summed E-state index contributed by atoms with van der Waals surface area (Å²) in [4.78, 5) is 27.4. The summed E-state index contributed by atoms with van der Waals surface area (Å²) >= 11 is 5.82. The maximum absolute atomic E-state index is 13.5. The number of rotatable bonds is 7.